The second-order valence-electron chi connectivity index (χ2n) is 9.83. The molecule has 5 heteroatoms. The quantitative estimate of drug-likeness (QED) is 0.174. The second-order valence-corrected chi connectivity index (χ2v) is 9.83. The third-order valence-electron chi connectivity index (χ3n) is 7.39. The maximum atomic E-state index is 6.49. The fourth-order valence-electron chi connectivity index (χ4n) is 5.65. The molecule has 4 heterocycles. The predicted octanol–water partition coefficient (Wildman–Crippen LogP) is 8.46. The van der Waals surface area contributed by atoms with E-state index in [-0.39, 0.29) is 0 Å². The summed E-state index contributed by atoms with van der Waals surface area (Å²) in [4.78, 5) is 4.48. The van der Waals surface area contributed by atoms with E-state index in [1.54, 1.807) is 6.20 Å². The molecule has 40 heavy (non-hydrogen) atoms. The monoisotopic (exact) mass is 517 g/mol. The van der Waals surface area contributed by atoms with Gasteiger partial charge in [-0.2, -0.15) is 0 Å². The third-order valence-corrected chi connectivity index (χ3v) is 7.39. The molecule has 5 nitrogen and oxygen atoms in total. The summed E-state index contributed by atoms with van der Waals surface area (Å²) in [6.45, 7) is 0. The van der Waals surface area contributed by atoms with Crippen molar-refractivity contribution in [3.05, 3.63) is 135 Å². The molecule has 0 N–H and O–H groups in total. The lowest BCUT2D eigenvalue weighted by Crippen LogP contribution is -2.27. The van der Waals surface area contributed by atoms with Crippen molar-refractivity contribution in [1.82, 2.24) is 9.55 Å². The van der Waals surface area contributed by atoms with Crippen LogP contribution in [0.15, 0.2) is 132 Å². The van der Waals surface area contributed by atoms with Crippen molar-refractivity contribution in [3.8, 4) is 28.4 Å². The fraction of sp³-hybridized carbons (Fsp3) is 0. The zero-order valence-electron chi connectivity index (χ0n) is 21.5. The van der Waals surface area contributed by atoms with E-state index in [1.807, 2.05) is 89.6 Å². The lowest BCUT2D eigenvalue weighted by Gasteiger charge is -2.11. The molecule has 0 amide bonds. The molecule has 8 aromatic rings. The highest BCUT2D eigenvalue weighted by Crippen LogP contribution is 2.40. The lowest BCUT2D eigenvalue weighted by molar-refractivity contribution is -0.586. The molecule has 8 rings (SSSR count). The van der Waals surface area contributed by atoms with E-state index < -0.39 is 0 Å². The van der Waals surface area contributed by atoms with E-state index in [2.05, 4.69) is 53.0 Å². The number of furan rings is 1. The Morgan fingerprint density at radius 2 is 1.50 bits per heavy atom. The average Bonchev–Trinajstić information content (AvgIpc) is 3.55. The van der Waals surface area contributed by atoms with Crippen LogP contribution < -0.4 is 9.30 Å². The highest BCUT2D eigenvalue weighted by atomic mass is 16.5. The largest absolute Gasteiger partial charge is 0.457 e. The van der Waals surface area contributed by atoms with Crippen molar-refractivity contribution in [2.45, 2.75) is 0 Å². The smallest absolute Gasteiger partial charge is 0.192 e. The van der Waals surface area contributed by atoms with E-state index in [9.17, 15) is 0 Å². The second kappa shape index (κ2) is 8.75. The van der Waals surface area contributed by atoms with Crippen LogP contribution in [0.25, 0.3) is 60.8 Å². The molecule has 4 aromatic heterocycles. The van der Waals surface area contributed by atoms with Crippen LogP contribution in [0.1, 0.15) is 0 Å². The number of ether oxygens (including phenoxy) is 1. The molecule has 0 aliphatic heterocycles. The van der Waals surface area contributed by atoms with Gasteiger partial charge in [-0.3, -0.25) is 4.98 Å². The number of benzene rings is 4. The van der Waals surface area contributed by atoms with Crippen molar-refractivity contribution in [2.24, 2.45) is 0 Å². The van der Waals surface area contributed by atoms with E-state index in [0.717, 1.165) is 72.3 Å². The summed E-state index contributed by atoms with van der Waals surface area (Å²) in [5, 5.41) is 4.39. The first kappa shape index (κ1) is 22.4. The minimum absolute atomic E-state index is 0.731. The molecule has 0 radical (unpaired) electrons. The molecular formula is C35H23N3O2. The normalized spacial score (nSPS) is 11.6. The summed E-state index contributed by atoms with van der Waals surface area (Å²) in [5.41, 5.74) is 6.55. The van der Waals surface area contributed by atoms with Gasteiger partial charge < -0.3 is 13.7 Å². The summed E-state index contributed by atoms with van der Waals surface area (Å²) in [7, 11) is 4.31. The standard InChI is InChI=1S/C35H23N3O2/c1-37-20-8-14-30-28-17-18-29-27-13-2-3-16-32(27)40-34(29)33(28)38(35(30)37)24-10-7-12-26(22-24)39-25-11-6-9-23(21-25)31-15-4-5-19-36-31/h2-22H,1H2. The van der Waals surface area contributed by atoms with Crippen molar-refractivity contribution >= 4 is 43.9 Å². The number of nitrogens with zero attached hydrogens (tertiary/aromatic N) is 3. The Balaban J connectivity index is 1.32. The number of aromatic nitrogens is 3. The topological polar surface area (TPSA) is 44.1 Å². The molecule has 4 aromatic carbocycles. The maximum absolute atomic E-state index is 6.49. The Bertz CT molecular complexity index is 2210. The van der Waals surface area contributed by atoms with Gasteiger partial charge in [0.15, 0.2) is 16.7 Å². The van der Waals surface area contributed by atoms with Crippen LogP contribution in [-0.4, -0.2) is 9.55 Å². The Morgan fingerprint density at radius 3 is 2.40 bits per heavy atom. The molecule has 0 aliphatic rings. The number of hydrogen-bond donors (Lipinski definition) is 0. The minimum atomic E-state index is 0.731. The number of hydrogen-bond acceptors (Lipinski definition) is 3. The fourth-order valence-corrected chi connectivity index (χ4v) is 5.65. The highest BCUT2D eigenvalue weighted by Gasteiger charge is 2.23. The van der Waals surface area contributed by atoms with Gasteiger partial charge in [-0.1, -0.05) is 60.7 Å². The molecule has 0 unspecified atom stereocenters. The van der Waals surface area contributed by atoms with Crippen LogP contribution in [0.3, 0.4) is 0 Å². The lowest BCUT2D eigenvalue weighted by atomic mass is 10.1. The van der Waals surface area contributed by atoms with Gasteiger partial charge in [0.2, 0.25) is 0 Å². The maximum Gasteiger partial charge on any atom is 0.192 e. The van der Waals surface area contributed by atoms with Crippen LogP contribution in [0.2, 0.25) is 0 Å². The Kier molecular flexibility index (Phi) is 4.91. The molecule has 0 fully saturated rings. The Hall–Kier alpha value is -5.55. The van der Waals surface area contributed by atoms with E-state index in [0.29, 0.717) is 0 Å². The summed E-state index contributed by atoms with van der Waals surface area (Å²) in [5.74, 6) is 1.48. The van der Waals surface area contributed by atoms with E-state index in [1.165, 1.54) is 0 Å². The SMILES string of the molecule is [CH2-][n+]1cccc2c3ccc4c5ccccc5oc4c3n(-c3cccc(Oc4cccc(-c5ccccn5)c4)c3)c21. The molecule has 0 spiro atoms. The van der Waals surface area contributed by atoms with Gasteiger partial charge in [-0.05, 0) is 61.8 Å². The zero-order chi connectivity index (χ0) is 26.6. The van der Waals surface area contributed by atoms with Crippen LogP contribution >= 0.6 is 0 Å². The van der Waals surface area contributed by atoms with Crippen LogP contribution in [-0.2, 0) is 0 Å². The Morgan fingerprint density at radius 1 is 0.700 bits per heavy atom. The molecule has 0 aliphatic carbocycles. The first-order chi connectivity index (χ1) is 19.7. The van der Waals surface area contributed by atoms with Crippen LogP contribution in [0, 0.1) is 7.05 Å². The van der Waals surface area contributed by atoms with Gasteiger partial charge in [-0.15, -0.1) is 0 Å². The molecule has 0 saturated carbocycles. The van der Waals surface area contributed by atoms with Gasteiger partial charge in [-0.25, -0.2) is 4.57 Å². The molecule has 190 valence electrons. The summed E-state index contributed by atoms with van der Waals surface area (Å²) in [6, 6.07) is 38.7. The molecule has 0 saturated heterocycles. The number of rotatable bonds is 4. The van der Waals surface area contributed by atoms with Gasteiger partial charge >= 0.3 is 0 Å². The van der Waals surface area contributed by atoms with Crippen molar-refractivity contribution in [3.63, 3.8) is 0 Å². The number of para-hydroxylation sites is 1. The molecular weight excluding hydrogens is 494 g/mol. The highest BCUT2D eigenvalue weighted by molar-refractivity contribution is 6.20. The van der Waals surface area contributed by atoms with Crippen molar-refractivity contribution < 1.29 is 13.7 Å². The van der Waals surface area contributed by atoms with Gasteiger partial charge in [0.25, 0.3) is 0 Å². The third kappa shape index (κ3) is 3.45. The van der Waals surface area contributed by atoms with E-state index in [4.69, 9.17) is 9.15 Å². The van der Waals surface area contributed by atoms with Crippen molar-refractivity contribution in [1.29, 1.82) is 0 Å². The van der Waals surface area contributed by atoms with Gasteiger partial charge in [0, 0.05) is 39.4 Å². The zero-order valence-corrected chi connectivity index (χ0v) is 21.5. The minimum Gasteiger partial charge on any atom is -0.457 e. The number of fused-ring (bicyclic) bond motifs is 7. The summed E-state index contributed by atoms with van der Waals surface area (Å²) in [6.07, 6.45) is 3.77. The average molecular weight is 518 g/mol. The van der Waals surface area contributed by atoms with Gasteiger partial charge in [0.1, 0.15) is 22.8 Å². The molecule has 0 atom stereocenters. The summed E-state index contributed by atoms with van der Waals surface area (Å²) < 4.78 is 17.0. The Labute approximate surface area is 230 Å². The van der Waals surface area contributed by atoms with Crippen LogP contribution in [0.4, 0.5) is 0 Å². The summed E-state index contributed by atoms with van der Waals surface area (Å²) >= 11 is 0. The van der Waals surface area contributed by atoms with Crippen LogP contribution in [0.5, 0.6) is 11.5 Å². The van der Waals surface area contributed by atoms with Gasteiger partial charge in [0.05, 0.1) is 5.69 Å². The first-order valence-electron chi connectivity index (χ1n) is 13.1. The molecule has 0 bridgehead atoms. The van der Waals surface area contributed by atoms with Crippen molar-refractivity contribution in [2.75, 3.05) is 0 Å². The van der Waals surface area contributed by atoms with E-state index >= 15 is 0 Å². The predicted molar refractivity (Wildman–Crippen MR) is 159 cm³/mol. The first-order valence-corrected chi connectivity index (χ1v) is 13.1. The number of pyridine rings is 2.